The summed E-state index contributed by atoms with van der Waals surface area (Å²) in [4.78, 5) is 11.0. The fourth-order valence-electron chi connectivity index (χ4n) is 2.48. The fourth-order valence-corrected chi connectivity index (χ4v) is 2.48. The second kappa shape index (κ2) is 2.58. The summed E-state index contributed by atoms with van der Waals surface area (Å²) in [6, 6.07) is 0. The van der Waals surface area contributed by atoms with Gasteiger partial charge >= 0.3 is 0 Å². The van der Waals surface area contributed by atoms with Crippen molar-refractivity contribution in [2.75, 3.05) is 0 Å². The van der Waals surface area contributed by atoms with Crippen molar-refractivity contribution in [2.45, 2.75) is 38.3 Å². The van der Waals surface area contributed by atoms with Crippen molar-refractivity contribution < 1.29 is 9.18 Å². The third kappa shape index (κ3) is 1.19. The van der Waals surface area contributed by atoms with E-state index in [2.05, 4.69) is 0 Å². The second-order valence-corrected chi connectivity index (χ2v) is 3.82. The summed E-state index contributed by atoms with van der Waals surface area (Å²) >= 11 is 0. The molecule has 0 amide bonds. The number of carbonyl (C=O) groups excluding carboxylic acids is 1. The maximum atomic E-state index is 12.9. The Morgan fingerprint density at radius 2 is 2.00 bits per heavy atom. The lowest BCUT2D eigenvalue weighted by Crippen LogP contribution is -2.30. The fraction of sp³-hybridized carbons (Fsp3) is 0.889. The first kappa shape index (κ1) is 7.26. The lowest BCUT2D eigenvalue weighted by atomic mass is 9.80. The van der Waals surface area contributed by atoms with E-state index in [0.717, 1.165) is 12.8 Å². The predicted octanol–water partition coefficient (Wildman–Crippen LogP) is 2.10. The molecule has 11 heavy (non-hydrogen) atoms. The number of ketones is 1. The Balaban J connectivity index is 2.06. The minimum absolute atomic E-state index is 0.145. The number of rotatable bonds is 0. The molecule has 0 saturated heterocycles. The van der Waals surface area contributed by atoms with E-state index in [-0.39, 0.29) is 5.78 Å². The van der Waals surface area contributed by atoms with Crippen LogP contribution in [-0.2, 0) is 4.79 Å². The molecule has 0 N–H and O–H groups in total. The van der Waals surface area contributed by atoms with Crippen molar-refractivity contribution in [3.05, 3.63) is 0 Å². The number of Topliss-reactive ketones (excluding diaryl/α,β-unsaturated/α-hetero) is 1. The standard InChI is InChI=1S/C9H13FO/c10-8-4-6-2-1-3-7(6)5-9(8)11/h6-8H,1-5H2/t6-,7+,8+/m1/s1. The number of fused-ring (bicyclic) bond motifs is 1. The van der Waals surface area contributed by atoms with Crippen LogP contribution in [0.2, 0.25) is 0 Å². The van der Waals surface area contributed by atoms with Gasteiger partial charge in [0.25, 0.3) is 0 Å². The quantitative estimate of drug-likeness (QED) is 0.525. The van der Waals surface area contributed by atoms with Crippen molar-refractivity contribution >= 4 is 5.78 Å². The van der Waals surface area contributed by atoms with Crippen molar-refractivity contribution in [3.63, 3.8) is 0 Å². The molecule has 2 fully saturated rings. The van der Waals surface area contributed by atoms with Crippen LogP contribution < -0.4 is 0 Å². The van der Waals surface area contributed by atoms with Crippen LogP contribution in [0.3, 0.4) is 0 Å². The van der Waals surface area contributed by atoms with E-state index in [9.17, 15) is 9.18 Å². The lowest BCUT2D eigenvalue weighted by Gasteiger charge is -2.26. The van der Waals surface area contributed by atoms with Gasteiger partial charge in [-0.25, -0.2) is 4.39 Å². The first-order valence-electron chi connectivity index (χ1n) is 4.44. The van der Waals surface area contributed by atoms with Gasteiger partial charge in [0, 0.05) is 6.42 Å². The summed E-state index contributed by atoms with van der Waals surface area (Å²) in [6.45, 7) is 0. The van der Waals surface area contributed by atoms with E-state index in [0.29, 0.717) is 24.7 Å². The van der Waals surface area contributed by atoms with E-state index in [4.69, 9.17) is 0 Å². The summed E-state index contributed by atoms with van der Waals surface area (Å²) in [5.74, 6) is 0.922. The molecule has 0 aromatic rings. The molecule has 2 rings (SSSR count). The number of alkyl halides is 1. The Morgan fingerprint density at radius 3 is 2.82 bits per heavy atom. The highest BCUT2D eigenvalue weighted by atomic mass is 19.1. The molecule has 0 spiro atoms. The van der Waals surface area contributed by atoms with Crippen LogP contribution in [-0.4, -0.2) is 12.0 Å². The van der Waals surface area contributed by atoms with Crippen LogP contribution >= 0.6 is 0 Å². The Kier molecular flexibility index (Phi) is 1.70. The summed E-state index contributed by atoms with van der Waals surface area (Å²) in [7, 11) is 0. The maximum absolute atomic E-state index is 12.9. The molecule has 0 radical (unpaired) electrons. The minimum atomic E-state index is -1.13. The first-order chi connectivity index (χ1) is 5.27. The SMILES string of the molecule is O=C1C[C@@H]2CCC[C@@H]2C[C@@H]1F. The Bertz CT molecular complexity index is 178. The summed E-state index contributed by atoms with van der Waals surface area (Å²) in [5.41, 5.74) is 0. The third-order valence-electron chi connectivity index (χ3n) is 3.14. The van der Waals surface area contributed by atoms with Gasteiger partial charge in [-0.05, 0) is 24.7 Å². The zero-order valence-corrected chi connectivity index (χ0v) is 6.55. The number of halogens is 1. The summed E-state index contributed by atoms with van der Waals surface area (Å²) < 4.78 is 12.9. The third-order valence-corrected chi connectivity index (χ3v) is 3.14. The molecule has 3 atom stereocenters. The lowest BCUT2D eigenvalue weighted by molar-refractivity contribution is -0.128. The largest absolute Gasteiger partial charge is 0.296 e. The molecular formula is C9H13FO. The smallest absolute Gasteiger partial charge is 0.167 e. The number of carbonyl (C=O) groups is 1. The van der Waals surface area contributed by atoms with Gasteiger partial charge in [-0.2, -0.15) is 0 Å². The first-order valence-corrected chi connectivity index (χ1v) is 4.44. The van der Waals surface area contributed by atoms with Crippen LogP contribution in [0.4, 0.5) is 4.39 Å². The second-order valence-electron chi connectivity index (χ2n) is 3.82. The minimum Gasteiger partial charge on any atom is -0.296 e. The highest BCUT2D eigenvalue weighted by Gasteiger charge is 2.38. The van der Waals surface area contributed by atoms with Gasteiger partial charge in [0.05, 0.1) is 0 Å². The zero-order valence-electron chi connectivity index (χ0n) is 6.55. The van der Waals surface area contributed by atoms with E-state index in [1.54, 1.807) is 0 Å². The van der Waals surface area contributed by atoms with Crippen LogP contribution in [0, 0.1) is 11.8 Å². The molecule has 0 bridgehead atoms. The van der Waals surface area contributed by atoms with E-state index >= 15 is 0 Å². The van der Waals surface area contributed by atoms with Gasteiger partial charge in [-0.1, -0.05) is 12.8 Å². The number of hydrogen-bond donors (Lipinski definition) is 0. The zero-order chi connectivity index (χ0) is 7.84. The van der Waals surface area contributed by atoms with Gasteiger partial charge < -0.3 is 0 Å². The van der Waals surface area contributed by atoms with Crippen molar-refractivity contribution in [1.29, 1.82) is 0 Å². The van der Waals surface area contributed by atoms with E-state index in [1.807, 2.05) is 0 Å². The molecule has 2 saturated carbocycles. The monoisotopic (exact) mass is 156 g/mol. The average Bonchev–Trinajstić information content (AvgIpc) is 2.36. The van der Waals surface area contributed by atoms with Crippen LogP contribution in [0.25, 0.3) is 0 Å². The molecule has 0 aliphatic heterocycles. The van der Waals surface area contributed by atoms with Gasteiger partial charge in [0.2, 0.25) is 0 Å². The molecule has 0 unspecified atom stereocenters. The molecule has 2 aliphatic carbocycles. The van der Waals surface area contributed by atoms with Crippen molar-refractivity contribution in [3.8, 4) is 0 Å². The normalized spacial score (nSPS) is 44.1. The van der Waals surface area contributed by atoms with E-state index < -0.39 is 6.17 Å². The molecule has 0 heterocycles. The van der Waals surface area contributed by atoms with Crippen LogP contribution in [0.1, 0.15) is 32.1 Å². The molecule has 2 heteroatoms. The Hall–Kier alpha value is -0.400. The van der Waals surface area contributed by atoms with Gasteiger partial charge in [-0.15, -0.1) is 0 Å². The summed E-state index contributed by atoms with van der Waals surface area (Å²) in [5, 5.41) is 0. The maximum Gasteiger partial charge on any atom is 0.167 e. The topological polar surface area (TPSA) is 17.1 Å². The molecule has 62 valence electrons. The Labute approximate surface area is 66.0 Å². The van der Waals surface area contributed by atoms with Crippen LogP contribution in [0.15, 0.2) is 0 Å². The van der Waals surface area contributed by atoms with E-state index in [1.165, 1.54) is 6.42 Å². The highest BCUT2D eigenvalue weighted by molar-refractivity contribution is 5.84. The molecule has 1 nitrogen and oxygen atoms in total. The Morgan fingerprint density at radius 1 is 1.27 bits per heavy atom. The number of hydrogen-bond acceptors (Lipinski definition) is 1. The molecular weight excluding hydrogens is 143 g/mol. The van der Waals surface area contributed by atoms with Gasteiger partial charge in [0.15, 0.2) is 12.0 Å². The molecule has 0 aromatic carbocycles. The molecule has 0 aromatic heterocycles. The average molecular weight is 156 g/mol. The van der Waals surface area contributed by atoms with Crippen molar-refractivity contribution in [1.82, 2.24) is 0 Å². The molecule has 2 aliphatic rings. The van der Waals surface area contributed by atoms with Crippen molar-refractivity contribution in [2.24, 2.45) is 11.8 Å². The summed E-state index contributed by atoms with van der Waals surface area (Å²) in [6.07, 6.45) is 3.42. The highest BCUT2D eigenvalue weighted by Crippen LogP contribution is 2.41. The predicted molar refractivity (Wildman–Crippen MR) is 40.0 cm³/mol. The van der Waals surface area contributed by atoms with Gasteiger partial charge in [0.1, 0.15) is 0 Å². The van der Waals surface area contributed by atoms with Gasteiger partial charge in [-0.3, -0.25) is 4.79 Å². The van der Waals surface area contributed by atoms with Crippen LogP contribution in [0.5, 0.6) is 0 Å².